The molecule has 0 radical (unpaired) electrons. The average molecular weight is 366 g/mol. The summed E-state index contributed by atoms with van der Waals surface area (Å²) in [4.78, 5) is -0.0520. The SMILES string of the molecule is Cc1cc(Br)ccc1NS(=O)(=O)c1ccc(C#N)cc1N. The number of nitrogens with one attached hydrogen (secondary N) is 1. The van der Waals surface area contributed by atoms with Gasteiger partial charge in [-0.3, -0.25) is 4.72 Å². The minimum absolute atomic E-state index is 0.0383. The Balaban J connectivity index is 2.41. The maximum Gasteiger partial charge on any atom is 0.263 e. The largest absolute Gasteiger partial charge is 0.398 e. The van der Waals surface area contributed by atoms with Crippen LogP contribution in [0.5, 0.6) is 0 Å². The number of rotatable bonds is 3. The lowest BCUT2D eigenvalue weighted by atomic mass is 10.2. The topological polar surface area (TPSA) is 96.0 Å². The molecule has 2 rings (SSSR count). The van der Waals surface area contributed by atoms with Crippen molar-refractivity contribution in [1.82, 2.24) is 0 Å². The molecule has 0 unspecified atom stereocenters. The maximum absolute atomic E-state index is 12.4. The van der Waals surface area contributed by atoms with Crippen molar-refractivity contribution in [3.8, 4) is 6.07 Å². The Morgan fingerprint density at radius 1 is 1.24 bits per heavy atom. The van der Waals surface area contributed by atoms with Crippen LogP contribution in [0.25, 0.3) is 0 Å². The van der Waals surface area contributed by atoms with Gasteiger partial charge in [-0.05, 0) is 48.9 Å². The molecule has 21 heavy (non-hydrogen) atoms. The van der Waals surface area contributed by atoms with E-state index in [1.54, 1.807) is 25.1 Å². The van der Waals surface area contributed by atoms with Crippen molar-refractivity contribution >= 4 is 37.3 Å². The van der Waals surface area contributed by atoms with Gasteiger partial charge in [-0.1, -0.05) is 15.9 Å². The van der Waals surface area contributed by atoms with Crippen LogP contribution in [0.1, 0.15) is 11.1 Å². The number of nitrogen functional groups attached to an aromatic ring is 1. The smallest absolute Gasteiger partial charge is 0.263 e. The van der Waals surface area contributed by atoms with Crippen LogP contribution >= 0.6 is 15.9 Å². The minimum atomic E-state index is -3.80. The minimum Gasteiger partial charge on any atom is -0.398 e. The van der Waals surface area contributed by atoms with Gasteiger partial charge in [-0.15, -0.1) is 0 Å². The molecule has 0 heterocycles. The van der Waals surface area contributed by atoms with Crippen molar-refractivity contribution in [2.75, 3.05) is 10.5 Å². The van der Waals surface area contributed by atoms with Gasteiger partial charge in [0.15, 0.2) is 0 Å². The number of anilines is 2. The summed E-state index contributed by atoms with van der Waals surface area (Å²) in [6.07, 6.45) is 0. The van der Waals surface area contributed by atoms with E-state index in [0.717, 1.165) is 10.0 Å². The van der Waals surface area contributed by atoms with Crippen molar-refractivity contribution < 1.29 is 8.42 Å². The Morgan fingerprint density at radius 2 is 1.95 bits per heavy atom. The van der Waals surface area contributed by atoms with Gasteiger partial charge in [-0.25, -0.2) is 8.42 Å². The highest BCUT2D eigenvalue weighted by atomic mass is 79.9. The van der Waals surface area contributed by atoms with Crippen LogP contribution in [0.15, 0.2) is 45.8 Å². The second kappa shape index (κ2) is 5.76. The average Bonchev–Trinajstić information content (AvgIpc) is 2.41. The van der Waals surface area contributed by atoms with Crippen LogP contribution in [0.3, 0.4) is 0 Å². The highest BCUT2D eigenvalue weighted by Crippen LogP contribution is 2.25. The van der Waals surface area contributed by atoms with Gasteiger partial charge >= 0.3 is 0 Å². The number of hydrogen-bond acceptors (Lipinski definition) is 4. The van der Waals surface area contributed by atoms with E-state index in [0.29, 0.717) is 11.3 Å². The number of benzene rings is 2. The predicted molar refractivity (Wildman–Crippen MR) is 85.3 cm³/mol. The Kier molecular flexibility index (Phi) is 4.21. The number of halogens is 1. The molecule has 0 aliphatic heterocycles. The lowest BCUT2D eigenvalue weighted by molar-refractivity contribution is 0.601. The van der Waals surface area contributed by atoms with Crippen LogP contribution in [-0.4, -0.2) is 8.42 Å². The van der Waals surface area contributed by atoms with E-state index < -0.39 is 10.0 Å². The third-order valence-corrected chi connectivity index (χ3v) is 4.79. The predicted octanol–water partition coefficient (Wildman–Crippen LogP) is 3.01. The fourth-order valence-electron chi connectivity index (χ4n) is 1.80. The summed E-state index contributed by atoms with van der Waals surface area (Å²) in [6.45, 7) is 1.80. The lowest BCUT2D eigenvalue weighted by Crippen LogP contribution is -2.15. The first kappa shape index (κ1) is 15.4. The van der Waals surface area contributed by atoms with Gasteiger partial charge in [0.2, 0.25) is 0 Å². The van der Waals surface area contributed by atoms with Crippen molar-refractivity contribution in [2.24, 2.45) is 0 Å². The monoisotopic (exact) mass is 365 g/mol. The molecule has 0 saturated heterocycles. The summed E-state index contributed by atoms with van der Waals surface area (Å²) in [6, 6.07) is 11.2. The number of hydrogen-bond donors (Lipinski definition) is 2. The molecule has 2 aromatic rings. The van der Waals surface area contributed by atoms with Gasteiger partial charge in [0.1, 0.15) is 4.90 Å². The Hall–Kier alpha value is -2.04. The molecule has 0 aliphatic rings. The Morgan fingerprint density at radius 3 is 2.52 bits per heavy atom. The second-order valence-corrected chi connectivity index (χ2v) is 7.00. The number of nitriles is 1. The highest BCUT2D eigenvalue weighted by molar-refractivity contribution is 9.10. The van der Waals surface area contributed by atoms with E-state index in [1.807, 2.05) is 6.07 Å². The van der Waals surface area contributed by atoms with E-state index >= 15 is 0 Å². The van der Waals surface area contributed by atoms with E-state index in [2.05, 4.69) is 20.7 Å². The molecule has 5 nitrogen and oxygen atoms in total. The van der Waals surface area contributed by atoms with Gasteiger partial charge < -0.3 is 5.73 Å². The molecule has 7 heteroatoms. The molecular weight excluding hydrogens is 354 g/mol. The Labute approximate surface area is 131 Å². The fourth-order valence-corrected chi connectivity index (χ4v) is 3.52. The third kappa shape index (κ3) is 3.35. The lowest BCUT2D eigenvalue weighted by Gasteiger charge is -2.12. The summed E-state index contributed by atoms with van der Waals surface area (Å²) in [5.74, 6) is 0. The summed E-state index contributed by atoms with van der Waals surface area (Å²) in [5.41, 5.74) is 7.32. The second-order valence-electron chi connectivity index (χ2n) is 4.43. The van der Waals surface area contributed by atoms with Crippen LogP contribution in [0, 0.1) is 18.3 Å². The first-order chi connectivity index (χ1) is 9.83. The first-order valence-electron chi connectivity index (χ1n) is 5.92. The molecule has 0 aliphatic carbocycles. The summed E-state index contributed by atoms with van der Waals surface area (Å²) < 4.78 is 28.1. The first-order valence-corrected chi connectivity index (χ1v) is 8.20. The molecule has 0 saturated carbocycles. The maximum atomic E-state index is 12.4. The van der Waals surface area contributed by atoms with Crippen molar-refractivity contribution in [2.45, 2.75) is 11.8 Å². The Bertz CT molecular complexity index is 842. The van der Waals surface area contributed by atoms with Crippen LogP contribution in [-0.2, 0) is 10.0 Å². The molecule has 2 aromatic carbocycles. The van der Waals surface area contributed by atoms with Crippen molar-refractivity contribution in [3.63, 3.8) is 0 Å². The number of nitrogens with zero attached hydrogens (tertiary/aromatic N) is 1. The number of aryl methyl sites for hydroxylation is 1. The van der Waals surface area contributed by atoms with Gasteiger partial charge in [-0.2, -0.15) is 5.26 Å². The van der Waals surface area contributed by atoms with E-state index in [4.69, 9.17) is 11.0 Å². The van der Waals surface area contributed by atoms with Crippen LogP contribution in [0.2, 0.25) is 0 Å². The molecule has 3 N–H and O–H groups in total. The molecular formula is C14H12BrN3O2S. The molecule has 0 bridgehead atoms. The van der Waals surface area contributed by atoms with E-state index in [9.17, 15) is 8.42 Å². The van der Waals surface area contributed by atoms with E-state index in [1.165, 1.54) is 18.2 Å². The molecule has 0 atom stereocenters. The summed E-state index contributed by atoms with van der Waals surface area (Å²) >= 11 is 3.32. The van der Waals surface area contributed by atoms with Crippen molar-refractivity contribution in [1.29, 1.82) is 5.26 Å². The van der Waals surface area contributed by atoms with Gasteiger partial charge in [0.05, 0.1) is 23.0 Å². The quantitative estimate of drug-likeness (QED) is 0.817. The standard InChI is InChI=1S/C14H12BrN3O2S/c1-9-6-11(15)3-4-13(9)18-21(19,20)14-5-2-10(8-16)7-12(14)17/h2-7,18H,17H2,1H3. The zero-order valence-electron chi connectivity index (χ0n) is 11.1. The summed E-state index contributed by atoms with van der Waals surface area (Å²) in [7, 11) is -3.80. The third-order valence-electron chi connectivity index (χ3n) is 2.86. The van der Waals surface area contributed by atoms with Gasteiger partial charge in [0, 0.05) is 4.47 Å². The number of sulfonamides is 1. The fraction of sp³-hybridized carbons (Fsp3) is 0.0714. The molecule has 108 valence electrons. The number of nitrogens with two attached hydrogens (primary N) is 1. The highest BCUT2D eigenvalue weighted by Gasteiger charge is 2.18. The van der Waals surface area contributed by atoms with Gasteiger partial charge in [0.25, 0.3) is 10.0 Å². The molecule has 0 spiro atoms. The van der Waals surface area contributed by atoms with Crippen LogP contribution in [0.4, 0.5) is 11.4 Å². The van der Waals surface area contributed by atoms with Crippen LogP contribution < -0.4 is 10.5 Å². The molecule has 0 aromatic heterocycles. The summed E-state index contributed by atoms with van der Waals surface area (Å²) in [5, 5.41) is 8.78. The van der Waals surface area contributed by atoms with E-state index in [-0.39, 0.29) is 10.6 Å². The normalized spacial score (nSPS) is 10.9. The molecule has 0 amide bonds. The zero-order valence-corrected chi connectivity index (χ0v) is 13.5. The van der Waals surface area contributed by atoms with Crippen molar-refractivity contribution in [3.05, 3.63) is 52.0 Å². The molecule has 0 fully saturated rings. The zero-order chi connectivity index (χ0) is 15.6.